The van der Waals surface area contributed by atoms with Gasteiger partial charge in [-0.05, 0) is 18.4 Å². The molecule has 1 aromatic carbocycles. The lowest BCUT2D eigenvalue weighted by atomic mass is 9.63. The van der Waals surface area contributed by atoms with E-state index in [-0.39, 0.29) is 0 Å². The molecule has 1 spiro atoms. The average molecular weight is 203 g/mol. The fraction of sp³-hybridized carbons (Fsp3) is 0.538. The van der Waals surface area contributed by atoms with E-state index in [9.17, 15) is 0 Å². The third-order valence-corrected chi connectivity index (χ3v) is 3.84. The summed E-state index contributed by atoms with van der Waals surface area (Å²) in [5.74, 6) is 0. The van der Waals surface area contributed by atoms with Gasteiger partial charge in [-0.25, -0.2) is 0 Å². The monoisotopic (exact) mass is 203 g/mol. The summed E-state index contributed by atoms with van der Waals surface area (Å²) in [5.41, 5.74) is 1.88. The molecule has 80 valence electrons. The van der Waals surface area contributed by atoms with Crippen molar-refractivity contribution in [1.82, 2.24) is 5.32 Å². The Bertz CT molecular complexity index is 326. The summed E-state index contributed by atoms with van der Waals surface area (Å²) in [6.45, 7) is 2.94. The number of hydrogen-bond donors (Lipinski definition) is 1. The Hall–Kier alpha value is -0.860. The van der Waals surface area contributed by atoms with Crippen molar-refractivity contribution in [3.63, 3.8) is 0 Å². The van der Waals surface area contributed by atoms with Crippen LogP contribution in [0.5, 0.6) is 0 Å². The second kappa shape index (κ2) is 3.62. The van der Waals surface area contributed by atoms with E-state index in [1.54, 1.807) is 0 Å². The summed E-state index contributed by atoms with van der Waals surface area (Å²) in [6.07, 6.45) is 2.66. The van der Waals surface area contributed by atoms with E-state index in [0.29, 0.717) is 11.5 Å². The summed E-state index contributed by atoms with van der Waals surface area (Å²) in [6, 6.07) is 11.3. The van der Waals surface area contributed by atoms with Crippen LogP contribution in [0.15, 0.2) is 30.3 Å². The Morgan fingerprint density at radius 1 is 1.27 bits per heavy atom. The summed E-state index contributed by atoms with van der Waals surface area (Å²) < 4.78 is 5.32. The third kappa shape index (κ3) is 1.58. The van der Waals surface area contributed by atoms with E-state index >= 15 is 0 Å². The standard InChI is InChI=1S/C13H17NO/c1-2-4-11(5-3-1)8-14-12-6-7-13(12)9-15-10-13/h1-5,12,14H,6-10H2. The van der Waals surface area contributed by atoms with Crippen LogP contribution in [-0.2, 0) is 11.3 Å². The van der Waals surface area contributed by atoms with Gasteiger partial charge in [0.05, 0.1) is 13.2 Å². The van der Waals surface area contributed by atoms with Gasteiger partial charge in [0.1, 0.15) is 0 Å². The zero-order valence-corrected chi connectivity index (χ0v) is 8.91. The van der Waals surface area contributed by atoms with Gasteiger partial charge in [0, 0.05) is 18.0 Å². The minimum Gasteiger partial charge on any atom is -0.380 e. The fourth-order valence-corrected chi connectivity index (χ4v) is 2.56. The molecule has 0 amide bonds. The molecule has 0 radical (unpaired) electrons. The highest BCUT2D eigenvalue weighted by Gasteiger charge is 2.51. The molecule has 1 N–H and O–H groups in total. The summed E-state index contributed by atoms with van der Waals surface area (Å²) in [4.78, 5) is 0. The van der Waals surface area contributed by atoms with Gasteiger partial charge in [0.25, 0.3) is 0 Å². The summed E-state index contributed by atoms with van der Waals surface area (Å²) in [7, 11) is 0. The Labute approximate surface area is 90.6 Å². The van der Waals surface area contributed by atoms with Crippen molar-refractivity contribution < 1.29 is 4.74 Å². The summed E-state index contributed by atoms with van der Waals surface area (Å²) >= 11 is 0. The van der Waals surface area contributed by atoms with Crippen molar-refractivity contribution in [3.8, 4) is 0 Å². The van der Waals surface area contributed by atoms with Crippen molar-refractivity contribution in [2.45, 2.75) is 25.4 Å². The van der Waals surface area contributed by atoms with Crippen molar-refractivity contribution >= 4 is 0 Å². The predicted molar refractivity (Wildman–Crippen MR) is 59.6 cm³/mol. The van der Waals surface area contributed by atoms with Crippen LogP contribution >= 0.6 is 0 Å². The first-order chi connectivity index (χ1) is 7.39. The lowest BCUT2D eigenvalue weighted by molar-refractivity contribution is -0.176. The van der Waals surface area contributed by atoms with Crippen LogP contribution in [0, 0.1) is 5.41 Å². The molecule has 1 unspecified atom stereocenters. The van der Waals surface area contributed by atoms with Crippen LogP contribution in [0.4, 0.5) is 0 Å². The maximum atomic E-state index is 5.32. The minimum atomic E-state index is 0.509. The molecule has 1 saturated heterocycles. The van der Waals surface area contributed by atoms with Gasteiger partial charge in [0.15, 0.2) is 0 Å². The van der Waals surface area contributed by atoms with Gasteiger partial charge in [0.2, 0.25) is 0 Å². The van der Waals surface area contributed by atoms with Crippen LogP contribution in [0.1, 0.15) is 18.4 Å². The van der Waals surface area contributed by atoms with Gasteiger partial charge < -0.3 is 10.1 Å². The fourth-order valence-electron chi connectivity index (χ4n) is 2.56. The Morgan fingerprint density at radius 2 is 2.07 bits per heavy atom. The highest BCUT2D eigenvalue weighted by atomic mass is 16.5. The molecule has 1 aromatic rings. The first kappa shape index (κ1) is 9.37. The first-order valence-electron chi connectivity index (χ1n) is 5.74. The van der Waals surface area contributed by atoms with Gasteiger partial charge >= 0.3 is 0 Å². The largest absolute Gasteiger partial charge is 0.380 e. The van der Waals surface area contributed by atoms with Crippen LogP contribution in [-0.4, -0.2) is 19.3 Å². The topological polar surface area (TPSA) is 21.3 Å². The zero-order chi connectivity index (χ0) is 10.1. The maximum Gasteiger partial charge on any atom is 0.0559 e. The molecule has 0 aromatic heterocycles. The van der Waals surface area contributed by atoms with E-state index in [0.717, 1.165) is 19.8 Å². The molecule has 1 heterocycles. The molecule has 1 saturated carbocycles. The quantitative estimate of drug-likeness (QED) is 0.810. The minimum absolute atomic E-state index is 0.509. The van der Waals surface area contributed by atoms with Crippen molar-refractivity contribution in [3.05, 3.63) is 35.9 Å². The smallest absolute Gasteiger partial charge is 0.0559 e. The van der Waals surface area contributed by atoms with Crippen molar-refractivity contribution in [2.24, 2.45) is 5.41 Å². The second-order valence-electron chi connectivity index (χ2n) is 4.81. The molecule has 2 fully saturated rings. The highest BCUT2D eigenvalue weighted by Crippen LogP contribution is 2.46. The van der Waals surface area contributed by atoms with Crippen molar-refractivity contribution in [1.29, 1.82) is 0 Å². The summed E-state index contributed by atoms with van der Waals surface area (Å²) in [5, 5.41) is 3.65. The van der Waals surface area contributed by atoms with Crippen molar-refractivity contribution in [2.75, 3.05) is 13.2 Å². The molecule has 1 aliphatic heterocycles. The maximum absolute atomic E-state index is 5.32. The zero-order valence-electron chi connectivity index (χ0n) is 8.91. The lowest BCUT2D eigenvalue weighted by Crippen LogP contribution is -2.63. The molecule has 2 aliphatic rings. The van der Waals surface area contributed by atoms with Crippen LogP contribution in [0.25, 0.3) is 0 Å². The van der Waals surface area contributed by atoms with Gasteiger partial charge in [-0.2, -0.15) is 0 Å². The van der Waals surface area contributed by atoms with E-state index < -0.39 is 0 Å². The SMILES string of the molecule is c1ccc(CNC2CCC23COC3)cc1. The average Bonchev–Trinajstić information content (AvgIpc) is 2.16. The molecule has 3 rings (SSSR count). The van der Waals surface area contributed by atoms with E-state index in [1.165, 1.54) is 18.4 Å². The number of ether oxygens (including phenoxy) is 1. The van der Waals surface area contributed by atoms with Gasteiger partial charge in [-0.3, -0.25) is 0 Å². The molecule has 2 heteroatoms. The highest BCUT2D eigenvalue weighted by molar-refractivity contribution is 5.15. The van der Waals surface area contributed by atoms with Crippen LogP contribution in [0.3, 0.4) is 0 Å². The van der Waals surface area contributed by atoms with Crippen LogP contribution < -0.4 is 5.32 Å². The van der Waals surface area contributed by atoms with Gasteiger partial charge in [-0.15, -0.1) is 0 Å². The molecule has 1 aliphatic carbocycles. The normalized spacial score (nSPS) is 27.1. The van der Waals surface area contributed by atoms with Crippen LogP contribution in [0.2, 0.25) is 0 Å². The number of hydrogen-bond acceptors (Lipinski definition) is 2. The first-order valence-corrected chi connectivity index (χ1v) is 5.74. The van der Waals surface area contributed by atoms with E-state index in [2.05, 4.69) is 35.6 Å². The number of rotatable bonds is 3. The molecular weight excluding hydrogens is 186 g/mol. The lowest BCUT2D eigenvalue weighted by Gasteiger charge is -2.55. The molecule has 15 heavy (non-hydrogen) atoms. The second-order valence-corrected chi connectivity index (χ2v) is 4.81. The molecule has 2 nitrogen and oxygen atoms in total. The van der Waals surface area contributed by atoms with Gasteiger partial charge in [-0.1, -0.05) is 30.3 Å². The van der Waals surface area contributed by atoms with E-state index in [1.807, 2.05) is 0 Å². The third-order valence-electron chi connectivity index (χ3n) is 3.84. The number of nitrogens with one attached hydrogen (secondary N) is 1. The Kier molecular flexibility index (Phi) is 2.26. The predicted octanol–water partition coefficient (Wildman–Crippen LogP) is 1.96. The number of benzene rings is 1. The molecule has 1 atom stereocenters. The van der Waals surface area contributed by atoms with E-state index in [4.69, 9.17) is 4.74 Å². The molecule has 0 bridgehead atoms. The Morgan fingerprint density at radius 3 is 2.60 bits per heavy atom. The molecular formula is C13H17NO. The Balaban J connectivity index is 1.54.